The largest absolute Gasteiger partial charge is 0.351 e. The van der Waals surface area contributed by atoms with Crippen LogP contribution in [0, 0.1) is 0 Å². The van der Waals surface area contributed by atoms with Crippen LogP contribution in [0.3, 0.4) is 0 Å². The van der Waals surface area contributed by atoms with Crippen LogP contribution in [0.5, 0.6) is 0 Å². The third-order valence-electron chi connectivity index (χ3n) is 4.85. The van der Waals surface area contributed by atoms with E-state index in [1.807, 2.05) is 72.4 Å². The Morgan fingerprint density at radius 1 is 1.11 bits per heavy atom. The van der Waals surface area contributed by atoms with Crippen molar-refractivity contribution >= 4 is 34.4 Å². The molecule has 4 amide bonds. The van der Waals surface area contributed by atoms with Crippen molar-refractivity contribution in [3.05, 3.63) is 66.4 Å². The lowest BCUT2D eigenvalue weighted by atomic mass is 10.1. The Balaban J connectivity index is 1.39. The summed E-state index contributed by atoms with van der Waals surface area (Å²) in [7, 11) is 1.95. The second kappa shape index (κ2) is 7.19. The summed E-state index contributed by atoms with van der Waals surface area (Å²) in [5.74, 6) is -0.710. The molecule has 7 heteroatoms. The molecule has 1 aliphatic heterocycles. The van der Waals surface area contributed by atoms with Crippen molar-refractivity contribution in [3.8, 4) is 0 Å². The number of amides is 4. The van der Waals surface area contributed by atoms with Gasteiger partial charge in [-0.05, 0) is 29.8 Å². The number of aryl methyl sites for hydroxylation is 1. The van der Waals surface area contributed by atoms with Crippen LogP contribution in [0.2, 0.25) is 0 Å². The van der Waals surface area contributed by atoms with Gasteiger partial charge >= 0.3 is 6.03 Å². The van der Waals surface area contributed by atoms with Gasteiger partial charge in [-0.25, -0.2) is 4.79 Å². The van der Waals surface area contributed by atoms with Crippen molar-refractivity contribution in [1.82, 2.24) is 14.8 Å². The van der Waals surface area contributed by atoms with Crippen molar-refractivity contribution < 1.29 is 14.4 Å². The molecule has 1 aromatic heterocycles. The molecular weight excluding hydrogens is 356 g/mol. The van der Waals surface area contributed by atoms with Crippen LogP contribution in [0.25, 0.3) is 10.9 Å². The van der Waals surface area contributed by atoms with E-state index < -0.39 is 12.1 Å². The van der Waals surface area contributed by atoms with Gasteiger partial charge in [-0.2, -0.15) is 0 Å². The average molecular weight is 376 g/mol. The first-order valence-electron chi connectivity index (χ1n) is 9.02. The Hall–Kier alpha value is -3.61. The maximum Gasteiger partial charge on any atom is 0.325 e. The predicted octanol–water partition coefficient (Wildman–Crippen LogP) is 2.63. The number of benzene rings is 2. The monoisotopic (exact) mass is 376 g/mol. The molecule has 0 spiro atoms. The number of anilines is 1. The van der Waals surface area contributed by atoms with Crippen molar-refractivity contribution in [2.24, 2.45) is 7.05 Å². The van der Waals surface area contributed by atoms with Crippen molar-refractivity contribution in [2.75, 3.05) is 5.32 Å². The molecule has 2 N–H and O–H groups in total. The zero-order valence-electron chi connectivity index (χ0n) is 15.4. The molecule has 2 aromatic carbocycles. The van der Waals surface area contributed by atoms with E-state index in [1.165, 1.54) is 0 Å². The SMILES string of the molecule is Cn1ccc2cc(NC(=O)C[C@@H]3NC(=O)N(Cc4ccccc4)C3=O)ccc21. The zero-order chi connectivity index (χ0) is 19.7. The van der Waals surface area contributed by atoms with E-state index in [9.17, 15) is 14.4 Å². The molecule has 0 aliphatic carbocycles. The second-order valence-electron chi connectivity index (χ2n) is 6.86. The molecule has 0 saturated carbocycles. The zero-order valence-corrected chi connectivity index (χ0v) is 15.4. The lowest BCUT2D eigenvalue weighted by Gasteiger charge is -2.13. The van der Waals surface area contributed by atoms with E-state index >= 15 is 0 Å². The Morgan fingerprint density at radius 3 is 2.68 bits per heavy atom. The molecule has 28 heavy (non-hydrogen) atoms. The smallest absolute Gasteiger partial charge is 0.325 e. The predicted molar refractivity (Wildman–Crippen MR) is 105 cm³/mol. The highest BCUT2D eigenvalue weighted by atomic mass is 16.2. The number of carbonyl (C=O) groups is 3. The molecule has 0 unspecified atom stereocenters. The summed E-state index contributed by atoms with van der Waals surface area (Å²) in [5.41, 5.74) is 2.57. The van der Waals surface area contributed by atoms with Crippen molar-refractivity contribution in [2.45, 2.75) is 19.0 Å². The molecule has 1 atom stereocenters. The Labute approximate surface area is 161 Å². The summed E-state index contributed by atoms with van der Waals surface area (Å²) in [6.07, 6.45) is 1.84. The Kier molecular flexibility index (Phi) is 4.57. The van der Waals surface area contributed by atoms with Gasteiger partial charge in [-0.15, -0.1) is 0 Å². The van der Waals surface area contributed by atoms with Crippen LogP contribution >= 0.6 is 0 Å². The van der Waals surface area contributed by atoms with Gasteiger partial charge in [0.1, 0.15) is 6.04 Å². The van der Waals surface area contributed by atoms with Crippen LogP contribution in [-0.2, 0) is 23.2 Å². The Bertz CT molecular complexity index is 1060. The molecule has 0 radical (unpaired) electrons. The van der Waals surface area contributed by atoms with Gasteiger partial charge < -0.3 is 15.2 Å². The van der Waals surface area contributed by atoms with Gasteiger partial charge in [0, 0.05) is 29.8 Å². The van der Waals surface area contributed by atoms with E-state index in [-0.39, 0.29) is 24.8 Å². The van der Waals surface area contributed by atoms with Gasteiger partial charge in [0.15, 0.2) is 0 Å². The average Bonchev–Trinajstić information content (AvgIpc) is 3.17. The first-order chi connectivity index (χ1) is 13.5. The summed E-state index contributed by atoms with van der Waals surface area (Å²) in [4.78, 5) is 38.2. The lowest BCUT2D eigenvalue weighted by molar-refractivity contribution is -0.130. The van der Waals surface area contributed by atoms with Gasteiger partial charge in [0.05, 0.1) is 13.0 Å². The van der Waals surface area contributed by atoms with Crippen LogP contribution in [-0.4, -0.2) is 33.4 Å². The number of urea groups is 1. The summed E-state index contributed by atoms with van der Waals surface area (Å²) in [6.45, 7) is 0.189. The van der Waals surface area contributed by atoms with E-state index in [2.05, 4.69) is 10.6 Å². The number of fused-ring (bicyclic) bond motifs is 1. The molecule has 7 nitrogen and oxygen atoms in total. The van der Waals surface area contributed by atoms with Gasteiger partial charge in [-0.3, -0.25) is 14.5 Å². The molecule has 1 aliphatic rings. The Morgan fingerprint density at radius 2 is 1.89 bits per heavy atom. The van der Waals surface area contributed by atoms with Crippen molar-refractivity contribution in [3.63, 3.8) is 0 Å². The molecule has 1 saturated heterocycles. The number of nitrogens with one attached hydrogen (secondary N) is 2. The third-order valence-corrected chi connectivity index (χ3v) is 4.85. The number of nitrogens with zero attached hydrogens (tertiary/aromatic N) is 2. The minimum atomic E-state index is -0.850. The maximum absolute atomic E-state index is 12.5. The van der Waals surface area contributed by atoms with E-state index in [0.29, 0.717) is 5.69 Å². The highest BCUT2D eigenvalue weighted by molar-refractivity contribution is 6.07. The highest BCUT2D eigenvalue weighted by Crippen LogP contribution is 2.20. The minimum absolute atomic E-state index is 0.108. The number of rotatable bonds is 5. The fraction of sp³-hybridized carbons (Fsp3) is 0.190. The summed E-state index contributed by atoms with van der Waals surface area (Å²) in [5, 5.41) is 6.41. The highest BCUT2D eigenvalue weighted by Gasteiger charge is 2.38. The number of hydrogen-bond donors (Lipinski definition) is 2. The summed E-state index contributed by atoms with van der Waals surface area (Å²) >= 11 is 0. The van der Waals surface area contributed by atoms with E-state index in [0.717, 1.165) is 21.4 Å². The third kappa shape index (κ3) is 3.46. The van der Waals surface area contributed by atoms with E-state index in [1.54, 1.807) is 0 Å². The first-order valence-corrected chi connectivity index (χ1v) is 9.02. The molecular formula is C21H20N4O3. The maximum atomic E-state index is 12.5. The molecule has 3 aromatic rings. The minimum Gasteiger partial charge on any atom is -0.351 e. The number of carbonyl (C=O) groups excluding carboxylic acids is 3. The summed E-state index contributed by atoms with van der Waals surface area (Å²) in [6, 6.07) is 15.5. The fourth-order valence-corrected chi connectivity index (χ4v) is 3.39. The van der Waals surface area contributed by atoms with Crippen LogP contribution in [0.1, 0.15) is 12.0 Å². The normalized spacial score (nSPS) is 16.5. The second-order valence-corrected chi connectivity index (χ2v) is 6.86. The fourth-order valence-electron chi connectivity index (χ4n) is 3.39. The molecule has 0 bridgehead atoms. The molecule has 4 rings (SSSR count). The standard InChI is InChI=1S/C21H20N4O3/c1-24-10-9-15-11-16(7-8-18(15)24)22-19(26)12-17-20(27)25(21(28)23-17)13-14-5-3-2-4-6-14/h2-11,17H,12-13H2,1H3,(H,22,26)(H,23,28)/t17-/m0/s1. The van der Waals surface area contributed by atoms with Gasteiger partial charge in [-0.1, -0.05) is 30.3 Å². The first kappa shape index (κ1) is 17.8. The summed E-state index contributed by atoms with van der Waals surface area (Å²) < 4.78 is 2.00. The van der Waals surface area contributed by atoms with Crippen LogP contribution in [0.15, 0.2) is 60.8 Å². The van der Waals surface area contributed by atoms with Crippen molar-refractivity contribution in [1.29, 1.82) is 0 Å². The van der Waals surface area contributed by atoms with Crippen LogP contribution in [0.4, 0.5) is 10.5 Å². The topological polar surface area (TPSA) is 83.4 Å². The quantitative estimate of drug-likeness (QED) is 0.672. The van der Waals surface area contributed by atoms with E-state index in [4.69, 9.17) is 0 Å². The number of hydrogen-bond acceptors (Lipinski definition) is 3. The van der Waals surface area contributed by atoms with Crippen LogP contribution < -0.4 is 10.6 Å². The van der Waals surface area contributed by atoms with Gasteiger partial charge in [0.25, 0.3) is 5.91 Å². The molecule has 1 fully saturated rings. The molecule has 2 heterocycles. The number of imide groups is 1. The van der Waals surface area contributed by atoms with Gasteiger partial charge in [0.2, 0.25) is 5.91 Å². The lowest BCUT2D eigenvalue weighted by Crippen LogP contribution is -2.34. The molecule has 142 valence electrons. The number of aromatic nitrogens is 1.